The molecule has 1 heterocycles. The van der Waals surface area contributed by atoms with E-state index < -0.39 is 12.1 Å². The van der Waals surface area contributed by atoms with Crippen LogP contribution in [0.2, 0.25) is 0 Å². The molecule has 5 heteroatoms. The SMILES string of the molecule is CC(OC(=O)CCc1ccc(-c2ccccc2)o1)C(=O)NC(C)(C)C. The van der Waals surface area contributed by atoms with Gasteiger partial charge in [-0.05, 0) is 39.8 Å². The third kappa shape index (κ3) is 6.10. The fraction of sp³-hybridized carbons (Fsp3) is 0.400. The Kier molecular flexibility index (Phi) is 6.02. The van der Waals surface area contributed by atoms with Gasteiger partial charge in [0.25, 0.3) is 5.91 Å². The Morgan fingerprint density at radius 3 is 2.44 bits per heavy atom. The summed E-state index contributed by atoms with van der Waals surface area (Å²) < 4.78 is 10.9. The Hall–Kier alpha value is -2.56. The predicted octanol–water partition coefficient (Wildman–Crippen LogP) is 3.73. The number of rotatable bonds is 6. The number of benzene rings is 1. The summed E-state index contributed by atoms with van der Waals surface area (Å²) in [4.78, 5) is 23.9. The van der Waals surface area contributed by atoms with Gasteiger partial charge in [0.15, 0.2) is 6.10 Å². The molecule has 5 nitrogen and oxygen atoms in total. The third-order valence-electron chi connectivity index (χ3n) is 3.47. The van der Waals surface area contributed by atoms with Crippen LogP contribution in [0.15, 0.2) is 46.9 Å². The lowest BCUT2D eigenvalue weighted by molar-refractivity contribution is -0.155. The van der Waals surface area contributed by atoms with Crippen LogP contribution >= 0.6 is 0 Å². The van der Waals surface area contributed by atoms with Gasteiger partial charge in [0.05, 0.1) is 6.42 Å². The fourth-order valence-corrected chi connectivity index (χ4v) is 2.28. The minimum atomic E-state index is -0.816. The van der Waals surface area contributed by atoms with Crippen molar-refractivity contribution in [3.05, 3.63) is 48.2 Å². The summed E-state index contributed by atoms with van der Waals surface area (Å²) >= 11 is 0. The molecule has 1 N–H and O–H groups in total. The van der Waals surface area contributed by atoms with E-state index in [4.69, 9.17) is 9.15 Å². The molecule has 2 aromatic rings. The molecular weight excluding hydrogens is 318 g/mol. The fourth-order valence-electron chi connectivity index (χ4n) is 2.28. The summed E-state index contributed by atoms with van der Waals surface area (Å²) in [5.41, 5.74) is 0.628. The monoisotopic (exact) mass is 343 g/mol. The van der Waals surface area contributed by atoms with Crippen LogP contribution in [0.1, 0.15) is 39.9 Å². The summed E-state index contributed by atoms with van der Waals surface area (Å²) in [6.45, 7) is 7.20. The van der Waals surface area contributed by atoms with E-state index in [1.54, 1.807) is 6.92 Å². The normalized spacial score (nSPS) is 12.5. The number of esters is 1. The number of aryl methyl sites for hydroxylation is 1. The number of carbonyl (C=O) groups is 2. The summed E-state index contributed by atoms with van der Waals surface area (Å²) in [6.07, 6.45) is -0.225. The topological polar surface area (TPSA) is 68.5 Å². The molecule has 1 aromatic heterocycles. The van der Waals surface area contributed by atoms with E-state index in [1.165, 1.54) is 0 Å². The van der Waals surface area contributed by atoms with Crippen LogP contribution in [0, 0.1) is 0 Å². The van der Waals surface area contributed by atoms with Gasteiger partial charge in [-0.1, -0.05) is 30.3 Å². The average molecular weight is 343 g/mol. The highest BCUT2D eigenvalue weighted by atomic mass is 16.5. The van der Waals surface area contributed by atoms with Crippen LogP contribution in [-0.2, 0) is 20.7 Å². The number of furan rings is 1. The summed E-state index contributed by atoms with van der Waals surface area (Å²) in [6, 6.07) is 13.5. The van der Waals surface area contributed by atoms with E-state index in [0.717, 1.165) is 11.3 Å². The van der Waals surface area contributed by atoms with Crippen molar-refractivity contribution in [2.45, 2.75) is 52.2 Å². The van der Waals surface area contributed by atoms with Crippen molar-refractivity contribution < 1.29 is 18.7 Å². The Balaban J connectivity index is 1.82. The Morgan fingerprint density at radius 2 is 1.80 bits per heavy atom. The lowest BCUT2D eigenvalue weighted by atomic mass is 10.1. The number of nitrogens with one attached hydrogen (secondary N) is 1. The van der Waals surface area contributed by atoms with Crippen molar-refractivity contribution in [1.82, 2.24) is 5.32 Å². The summed E-state index contributed by atoms with van der Waals surface area (Å²) in [7, 11) is 0. The maximum atomic E-state index is 11.9. The zero-order valence-corrected chi connectivity index (χ0v) is 15.2. The molecular formula is C20H25NO4. The van der Waals surface area contributed by atoms with E-state index >= 15 is 0 Å². The molecule has 1 atom stereocenters. The minimum Gasteiger partial charge on any atom is -0.461 e. The number of ether oxygens (including phenoxy) is 1. The van der Waals surface area contributed by atoms with Crippen molar-refractivity contribution >= 4 is 11.9 Å². The van der Waals surface area contributed by atoms with Gasteiger partial charge in [-0.3, -0.25) is 9.59 Å². The first-order valence-corrected chi connectivity index (χ1v) is 8.40. The molecule has 0 aliphatic rings. The number of amides is 1. The quantitative estimate of drug-likeness (QED) is 0.812. The van der Waals surface area contributed by atoms with Crippen molar-refractivity contribution in [2.75, 3.05) is 0 Å². The first-order valence-electron chi connectivity index (χ1n) is 8.40. The standard InChI is InChI=1S/C20H25NO4/c1-14(19(23)21-20(2,3)4)24-18(22)13-11-16-10-12-17(25-16)15-8-6-5-7-9-15/h5-10,12,14H,11,13H2,1-4H3,(H,21,23). The maximum Gasteiger partial charge on any atom is 0.307 e. The highest BCUT2D eigenvalue weighted by molar-refractivity contribution is 5.83. The smallest absolute Gasteiger partial charge is 0.307 e. The summed E-state index contributed by atoms with van der Waals surface area (Å²) in [5, 5.41) is 2.78. The second-order valence-corrected chi connectivity index (χ2v) is 7.00. The molecule has 0 fully saturated rings. The molecule has 0 saturated heterocycles. The van der Waals surface area contributed by atoms with Crippen molar-refractivity contribution in [1.29, 1.82) is 0 Å². The predicted molar refractivity (Wildman–Crippen MR) is 95.9 cm³/mol. The molecule has 134 valence electrons. The molecule has 2 rings (SSSR count). The van der Waals surface area contributed by atoms with Gasteiger partial charge in [0.2, 0.25) is 0 Å². The first kappa shape index (κ1) is 18.8. The Morgan fingerprint density at radius 1 is 1.12 bits per heavy atom. The Bertz CT molecular complexity index is 713. The van der Waals surface area contributed by atoms with Crippen LogP contribution in [0.25, 0.3) is 11.3 Å². The Labute approximate surface area is 148 Å². The zero-order chi connectivity index (χ0) is 18.4. The van der Waals surface area contributed by atoms with Crippen LogP contribution in [0.3, 0.4) is 0 Å². The van der Waals surface area contributed by atoms with E-state index in [-0.39, 0.29) is 17.9 Å². The molecule has 1 amide bonds. The molecule has 0 spiro atoms. The number of carbonyl (C=O) groups excluding carboxylic acids is 2. The van der Waals surface area contributed by atoms with E-state index in [0.29, 0.717) is 12.2 Å². The van der Waals surface area contributed by atoms with E-state index in [1.807, 2.05) is 63.2 Å². The van der Waals surface area contributed by atoms with Crippen LogP contribution < -0.4 is 5.32 Å². The summed E-state index contributed by atoms with van der Waals surface area (Å²) in [5.74, 6) is 0.754. The molecule has 1 aromatic carbocycles. The first-order chi connectivity index (χ1) is 11.7. The number of hydrogen-bond acceptors (Lipinski definition) is 4. The lowest BCUT2D eigenvalue weighted by Gasteiger charge is -2.23. The second-order valence-electron chi connectivity index (χ2n) is 7.00. The molecule has 25 heavy (non-hydrogen) atoms. The largest absolute Gasteiger partial charge is 0.461 e. The van der Waals surface area contributed by atoms with Gasteiger partial charge in [0, 0.05) is 17.5 Å². The van der Waals surface area contributed by atoms with Gasteiger partial charge in [-0.25, -0.2) is 0 Å². The van der Waals surface area contributed by atoms with Crippen molar-refractivity contribution in [2.24, 2.45) is 0 Å². The third-order valence-corrected chi connectivity index (χ3v) is 3.47. The lowest BCUT2D eigenvalue weighted by Crippen LogP contribution is -2.46. The molecule has 0 aliphatic heterocycles. The number of hydrogen-bond donors (Lipinski definition) is 1. The highest BCUT2D eigenvalue weighted by Gasteiger charge is 2.22. The average Bonchev–Trinajstić information content (AvgIpc) is 3.01. The van der Waals surface area contributed by atoms with E-state index in [2.05, 4.69) is 5.32 Å². The van der Waals surface area contributed by atoms with E-state index in [9.17, 15) is 9.59 Å². The molecule has 0 bridgehead atoms. The van der Waals surface area contributed by atoms with Gasteiger partial charge in [0.1, 0.15) is 11.5 Å². The van der Waals surface area contributed by atoms with Crippen LogP contribution in [0.4, 0.5) is 0 Å². The molecule has 1 unspecified atom stereocenters. The zero-order valence-electron chi connectivity index (χ0n) is 15.2. The molecule has 0 radical (unpaired) electrons. The minimum absolute atomic E-state index is 0.162. The van der Waals surface area contributed by atoms with Gasteiger partial charge in [-0.2, -0.15) is 0 Å². The van der Waals surface area contributed by atoms with Crippen LogP contribution in [0.5, 0.6) is 0 Å². The van der Waals surface area contributed by atoms with Gasteiger partial charge < -0.3 is 14.5 Å². The van der Waals surface area contributed by atoms with Crippen molar-refractivity contribution in [3.63, 3.8) is 0 Å². The second kappa shape index (κ2) is 8.01. The van der Waals surface area contributed by atoms with Crippen LogP contribution in [-0.4, -0.2) is 23.5 Å². The van der Waals surface area contributed by atoms with Crippen molar-refractivity contribution in [3.8, 4) is 11.3 Å². The molecule has 0 aliphatic carbocycles. The van der Waals surface area contributed by atoms with Gasteiger partial charge >= 0.3 is 5.97 Å². The highest BCUT2D eigenvalue weighted by Crippen LogP contribution is 2.22. The van der Waals surface area contributed by atoms with Gasteiger partial charge in [-0.15, -0.1) is 0 Å². The maximum absolute atomic E-state index is 11.9. The molecule has 0 saturated carbocycles.